The van der Waals surface area contributed by atoms with Crippen LogP contribution in [0.1, 0.15) is 19.4 Å². The summed E-state index contributed by atoms with van der Waals surface area (Å²) < 4.78 is 5.14. The lowest BCUT2D eigenvalue weighted by molar-refractivity contribution is -0.384. The highest BCUT2D eigenvalue weighted by Crippen LogP contribution is 2.23. The van der Waals surface area contributed by atoms with Crippen LogP contribution in [0.2, 0.25) is 0 Å². The lowest BCUT2D eigenvalue weighted by Gasteiger charge is -2.25. The average molecular weight is 295 g/mol. The van der Waals surface area contributed by atoms with Gasteiger partial charge in [-0.05, 0) is 17.5 Å². The maximum atomic E-state index is 10.9. The summed E-state index contributed by atoms with van der Waals surface area (Å²) >= 11 is 0. The lowest BCUT2D eigenvalue weighted by atomic mass is 10.1. The van der Waals surface area contributed by atoms with Crippen LogP contribution in [0.4, 0.5) is 11.4 Å². The number of anilines is 1. The normalized spacial score (nSPS) is 11.1. The van der Waals surface area contributed by atoms with E-state index in [1.165, 1.54) is 6.07 Å². The second-order valence-corrected chi connectivity index (χ2v) is 5.47. The SMILES string of the molecule is CNc1ccc([N+](=O)[O-])cc1CN(CCOC)CC(C)C. The molecule has 0 radical (unpaired) electrons. The minimum Gasteiger partial charge on any atom is -0.388 e. The second-order valence-electron chi connectivity index (χ2n) is 5.47. The number of hydrogen-bond acceptors (Lipinski definition) is 5. The zero-order valence-electron chi connectivity index (χ0n) is 13.3. The van der Waals surface area contributed by atoms with Gasteiger partial charge in [-0.3, -0.25) is 15.0 Å². The molecule has 118 valence electrons. The molecule has 0 saturated carbocycles. The molecule has 0 amide bonds. The molecular formula is C15H25N3O3. The molecule has 0 atom stereocenters. The lowest BCUT2D eigenvalue weighted by Crippen LogP contribution is -2.30. The Labute approximate surface area is 126 Å². The van der Waals surface area contributed by atoms with Crippen LogP contribution in [0, 0.1) is 16.0 Å². The van der Waals surface area contributed by atoms with Gasteiger partial charge in [-0.25, -0.2) is 0 Å². The first kappa shape index (κ1) is 17.4. The van der Waals surface area contributed by atoms with Crippen LogP contribution in [-0.4, -0.2) is 43.7 Å². The van der Waals surface area contributed by atoms with Crippen LogP contribution in [0.15, 0.2) is 18.2 Å². The molecule has 1 aromatic carbocycles. The molecule has 0 aliphatic rings. The summed E-state index contributed by atoms with van der Waals surface area (Å²) in [6.07, 6.45) is 0. The second kappa shape index (κ2) is 8.59. The van der Waals surface area contributed by atoms with Crippen molar-refractivity contribution >= 4 is 11.4 Å². The number of nitrogens with zero attached hydrogens (tertiary/aromatic N) is 2. The molecule has 0 fully saturated rings. The summed E-state index contributed by atoms with van der Waals surface area (Å²) in [5.74, 6) is 0.526. The number of methoxy groups -OCH3 is 1. The predicted octanol–water partition coefficient (Wildman–Crippen LogP) is 2.74. The van der Waals surface area contributed by atoms with Gasteiger partial charge in [0.2, 0.25) is 0 Å². The number of hydrogen-bond donors (Lipinski definition) is 1. The monoisotopic (exact) mass is 295 g/mol. The summed E-state index contributed by atoms with van der Waals surface area (Å²) in [6, 6.07) is 4.93. The molecular weight excluding hydrogens is 270 g/mol. The van der Waals surface area contributed by atoms with E-state index in [-0.39, 0.29) is 10.6 Å². The van der Waals surface area contributed by atoms with E-state index >= 15 is 0 Å². The van der Waals surface area contributed by atoms with Gasteiger partial charge in [-0.2, -0.15) is 0 Å². The van der Waals surface area contributed by atoms with E-state index < -0.39 is 0 Å². The van der Waals surface area contributed by atoms with Gasteiger partial charge in [-0.1, -0.05) is 13.8 Å². The van der Waals surface area contributed by atoms with E-state index in [0.717, 1.165) is 24.3 Å². The number of nitro benzene ring substituents is 1. The van der Waals surface area contributed by atoms with Crippen molar-refractivity contribution in [3.05, 3.63) is 33.9 Å². The van der Waals surface area contributed by atoms with Gasteiger partial charge in [-0.15, -0.1) is 0 Å². The first-order valence-corrected chi connectivity index (χ1v) is 7.14. The molecule has 0 aliphatic carbocycles. The van der Waals surface area contributed by atoms with Crippen molar-refractivity contribution in [2.24, 2.45) is 5.92 Å². The third kappa shape index (κ3) is 5.69. The fourth-order valence-corrected chi connectivity index (χ4v) is 2.28. The number of nitro groups is 1. The molecule has 0 spiro atoms. The number of nitrogens with one attached hydrogen (secondary N) is 1. The van der Waals surface area contributed by atoms with Gasteiger partial charge in [0.05, 0.1) is 11.5 Å². The summed E-state index contributed by atoms with van der Waals surface area (Å²) in [5, 5.41) is 14.0. The number of rotatable bonds is 9. The third-order valence-corrected chi connectivity index (χ3v) is 3.20. The molecule has 6 nitrogen and oxygen atoms in total. The Morgan fingerprint density at radius 2 is 2.14 bits per heavy atom. The fraction of sp³-hybridized carbons (Fsp3) is 0.600. The van der Waals surface area contributed by atoms with Crippen molar-refractivity contribution in [2.45, 2.75) is 20.4 Å². The summed E-state index contributed by atoms with van der Waals surface area (Å²) in [7, 11) is 3.51. The molecule has 1 rings (SSSR count). The van der Waals surface area contributed by atoms with Crippen molar-refractivity contribution in [3.63, 3.8) is 0 Å². The Balaban J connectivity index is 2.93. The van der Waals surface area contributed by atoms with Gasteiger partial charge in [0, 0.05) is 51.6 Å². The van der Waals surface area contributed by atoms with Gasteiger partial charge < -0.3 is 10.1 Å². The standard InChI is InChI=1S/C15H25N3O3/c1-12(2)10-17(7-8-21-4)11-13-9-14(18(19)20)5-6-15(13)16-3/h5-6,9,12,16H,7-8,10-11H2,1-4H3. The highest BCUT2D eigenvalue weighted by Gasteiger charge is 2.14. The third-order valence-electron chi connectivity index (χ3n) is 3.20. The molecule has 0 saturated heterocycles. The average Bonchev–Trinajstić information content (AvgIpc) is 2.44. The van der Waals surface area contributed by atoms with Crippen LogP contribution >= 0.6 is 0 Å². The zero-order valence-corrected chi connectivity index (χ0v) is 13.3. The summed E-state index contributed by atoms with van der Waals surface area (Å²) in [5.41, 5.74) is 1.98. The van der Waals surface area contributed by atoms with Crippen LogP contribution in [0.5, 0.6) is 0 Å². The summed E-state index contributed by atoms with van der Waals surface area (Å²) in [4.78, 5) is 12.8. The highest BCUT2D eigenvalue weighted by molar-refractivity contribution is 5.55. The van der Waals surface area contributed by atoms with Crippen molar-refractivity contribution in [1.29, 1.82) is 0 Å². The van der Waals surface area contributed by atoms with Crippen LogP contribution in [0.3, 0.4) is 0 Å². The van der Waals surface area contributed by atoms with Gasteiger partial charge in [0.1, 0.15) is 0 Å². The Bertz CT molecular complexity index is 463. The van der Waals surface area contributed by atoms with E-state index in [4.69, 9.17) is 4.74 Å². The Kier molecular flexibility index (Phi) is 7.11. The largest absolute Gasteiger partial charge is 0.388 e. The first-order chi connectivity index (χ1) is 9.97. The maximum Gasteiger partial charge on any atom is 0.269 e. The first-order valence-electron chi connectivity index (χ1n) is 7.14. The van der Waals surface area contributed by atoms with Gasteiger partial charge in [0.25, 0.3) is 5.69 Å². The molecule has 0 unspecified atom stereocenters. The number of ether oxygens (including phenoxy) is 1. The highest BCUT2D eigenvalue weighted by atomic mass is 16.6. The molecule has 0 aliphatic heterocycles. The van der Waals surface area contributed by atoms with E-state index in [0.29, 0.717) is 19.1 Å². The molecule has 0 aromatic heterocycles. The minimum absolute atomic E-state index is 0.125. The minimum atomic E-state index is -0.356. The molecule has 0 bridgehead atoms. The quantitative estimate of drug-likeness (QED) is 0.560. The Morgan fingerprint density at radius 1 is 1.43 bits per heavy atom. The smallest absolute Gasteiger partial charge is 0.269 e. The van der Waals surface area contributed by atoms with Crippen molar-refractivity contribution in [3.8, 4) is 0 Å². The topological polar surface area (TPSA) is 67.6 Å². The molecule has 0 heterocycles. The van der Waals surface area contributed by atoms with Gasteiger partial charge in [0.15, 0.2) is 0 Å². The number of non-ortho nitro benzene ring substituents is 1. The van der Waals surface area contributed by atoms with E-state index in [9.17, 15) is 10.1 Å². The van der Waals surface area contributed by atoms with E-state index in [2.05, 4.69) is 24.1 Å². The van der Waals surface area contributed by atoms with Crippen LogP contribution in [0.25, 0.3) is 0 Å². The molecule has 6 heteroatoms. The predicted molar refractivity (Wildman–Crippen MR) is 84.6 cm³/mol. The maximum absolute atomic E-state index is 10.9. The Morgan fingerprint density at radius 3 is 2.67 bits per heavy atom. The van der Waals surface area contributed by atoms with Crippen molar-refractivity contribution in [1.82, 2.24) is 4.90 Å². The van der Waals surface area contributed by atoms with E-state index in [1.807, 2.05) is 7.05 Å². The number of benzene rings is 1. The van der Waals surface area contributed by atoms with E-state index in [1.54, 1.807) is 19.2 Å². The Hall–Kier alpha value is -1.66. The molecule has 1 aromatic rings. The zero-order chi connectivity index (χ0) is 15.8. The molecule has 1 N–H and O–H groups in total. The van der Waals surface area contributed by atoms with Crippen molar-refractivity contribution < 1.29 is 9.66 Å². The van der Waals surface area contributed by atoms with Gasteiger partial charge >= 0.3 is 0 Å². The van der Waals surface area contributed by atoms with Crippen LogP contribution < -0.4 is 5.32 Å². The fourth-order valence-electron chi connectivity index (χ4n) is 2.28. The summed E-state index contributed by atoms with van der Waals surface area (Å²) in [6.45, 7) is 7.37. The van der Waals surface area contributed by atoms with Crippen LogP contribution in [-0.2, 0) is 11.3 Å². The molecule has 21 heavy (non-hydrogen) atoms. The van der Waals surface area contributed by atoms with Crippen molar-refractivity contribution in [2.75, 3.05) is 39.2 Å².